The number of para-hydroxylation sites is 1. The van der Waals surface area contributed by atoms with Gasteiger partial charge in [-0.1, -0.05) is 60.3 Å². The van der Waals surface area contributed by atoms with E-state index < -0.39 is 0 Å². The Morgan fingerprint density at radius 2 is 1.52 bits per heavy atom. The molecule has 4 rings (SSSR count). The minimum atomic E-state index is -0.298. The van der Waals surface area contributed by atoms with E-state index in [0.717, 1.165) is 33.7 Å². The minimum Gasteiger partial charge on any atom is -0.459 e. The Morgan fingerprint density at radius 3 is 2.18 bits per heavy atom. The summed E-state index contributed by atoms with van der Waals surface area (Å²) in [5.74, 6) is 2.05. The van der Waals surface area contributed by atoms with Crippen molar-refractivity contribution in [3.8, 4) is 5.69 Å². The zero-order valence-electron chi connectivity index (χ0n) is 18.5. The molecule has 0 spiro atoms. The molecule has 168 valence electrons. The Bertz CT molecular complexity index is 1180. The monoisotopic (exact) mass is 475 g/mol. The molecule has 0 N–H and O–H groups in total. The summed E-state index contributed by atoms with van der Waals surface area (Å²) in [5.41, 5.74) is 2.70. The second kappa shape index (κ2) is 11.2. The molecule has 0 radical (unpaired) electrons. The number of aromatic nitrogens is 3. The zero-order chi connectivity index (χ0) is 23.0. The third-order valence-electron chi connectivity index (χ3n) is 4.73. The number of carbonyl (C=O) groups excluding carboxylic acids is 1. The smallest absolute Gasteiger partial charge is 0.338 e. The number of carbonyl (C=O) groups is 1. The van der Waals surface area contributed by atoms with Gasteiger partial charge in [0.05, 0.1) is 17.4 Å². The predicted octanol–water partition coefficient (Wildman–Crippen LogP) is 6.42. The minimum absolute atomic E-state index is 0.133. The van der Waals surface area contributed by atoms with Gasteiger partial charge in [0.2, 0.25) is 0 Å². The van der Waals surface area contributed by atoms with Crippen LogP contribution in [-0.2, 0) is 16.2 Å². The van der Waals surface area contributed by atoms with E-state index in [0.29, 0.717) is 5.56 Å². The molecule has 5 nitrogen and oxygen atoms in total. The van der Waals surface area contributed by atoms with Crippen LogP contribution in [0.1, 0.15) is 35.6 Å². The lowest BCUT2D eigenvalue weighted by molar-refractivity contribution is 0.0378. The molecule has 0 fully saturated rings. The van der Waals surface area contributed by atoms with Crippen molar-refractivity contribution in [3.63, 3.8) is 0 Å². The number of ether oxygens (including phenoxy) is 1. The lowest BCUT2D eigenvalue weighted by Gasteiger charge is -2.11. The highest BCUT2D eigenvalue weighted by atomic mass is 32.2. The molecule has 1 heterocycles. The highest BCUT2D eigenvalue weighted by molar-refractivity contribution is 7.98. The fourth-order valence-electron chi connectivity index (χ4n) is 3.16. The van der Waals surface area contributed by atoms with Crippen LogP contribution in [0.3, 0.4) is 0 Å². The van der Waals surface area contributed by atoms with Crippen molar-refractivity contribution in [2.75, 3.05) is 0 Å². The van der Waals surface area contributed by atoms with E-state index in [9.17, 15) is 4.79 Å². The van der Waals surface area contributed by atoms with Gasteiger partial charge in [0.1, 0.15) is 5.82 Å². The largest absolute Gasteiger partial charge is 0.459 e. The maximum Gasteiger partial charge on any atom is 0.338 e. The van der Waals surface area contributed by atoms with Crippen LogP contribution >= 0.6 is 23.5 Å². The molecule has 33 heavy (non-hydrogen) atoms. The summed E-state index contributed by atoms with van der Waals surface area (Å²) in [6, 6.07) is 28.0. The van der Waals surface area contributed by atoms with Crippen molar-refractivity contribution in [1.82, 2.24) is 14.8 Å². The summed E-state index contributed by atoms with van der Waals surface area (Å²) in [5, 5.41) is 9.82. The Hall–Kier alpha value is -3.03. The fraction of sp³-hybridized carbons (Fsp3) is 0.192. The summed E-state index contributed by atoms with van der Waals surface area (Å²) < 4.78 is 7.38. The van der Waals surface area contributed by atoms with Crippen molar-refractivity contribution in [3.05, 3.63) is 102 Å². The van der Waals surface area contributed by atoms with Crippen LogP contribution in [0.4, 0.5) is 0 Å². The van der Waals surface area contributed by atoms with Gasteiger partial charge in [-0.25, -0.2) is 4.79 Å². The number of rotatable bonds is 9. The summed E-state index contributed by atoms with van der Waals surface area (Å²) in [4.78, 5) is 13.3. The van der Waals surface area contributed by atoms with Crippen LogP contribution in [0.2, 0.25) is 0 Å². The molecule has 3 aromatic carbocycles. The van der Waals surface area contributed by atoms with Crippen LogP contribution in [0.5, 0.6) is 0 Å². The Morgan fingerprint density at radius 1 is 0.848 bits per heavy atom. The predicted molar refractivity (Wildman–Crippen MR) is 134 cm³/mol. The van der Waals surface area contributed by atoms with Crippen LogP contribution in [0, 0.1) is 0 Å². The molecule has 0 saturated carbocycles. The van der Waals surface area contributed by atoms with Gasteiger partial charge < -0.3 is 4.74 Å². The van der Waals surface area contributed by atoms with Crippen LogP contribution < -0.4 is 0 Å². The van der Waals surface area contributed by atoms with Crippen molar-refractivity contribution in [2.24, 2.45) is 0 Å². The van der Waals surface area contributed by atoms with Crippen molar-refractivity contribution >= 4 is 29.5 Å². The van der Waals surface area contributed by atoms with Gasteiger partial charge in [-0.05, 0) is 55.8 Å². The van der Waals surface area contributed by atoms with Gasteiger partial charge in [-0.3, -0.25) is 4.57 Å². The quantitative estimate of drug-likeness (QED) is 0.206. The molecule has 7 heteroatoms. The molecule has 0 aliphatic carbocycles. The van der Waals surface area contributed by atoms with Crippen molar-refractivity contribution in [2.45, 2.75) is 41.5 Å². The number of hydrogen-bond acceptors (Lipinski definition) is 6. The summed E-state index contributed by atoms with van der Waals surface area (Å²) in [7, 11) is 0. The maximum absolute atomic E-state index is 12.1. The van der Waals surface area contributed by atoms with E-state index in [-0.39, 0.29) is 12.1 Å². The third kappa shape index (κ3) is 6.27. The summed E-state index contributed by atoms with van der Waals surface area (Å²) in [6.07, 6.45) is -0.133. The first-order valence-corrected chi connectivity index (χ1v) is 12.7. The zero-order valence-corrected chi connectivity index (χ0v) is 20.2. The second-order valence-electron chi connectivity index (χ2n) is 7.61. The Kier molecular flexibility index (Phi) is 7.86. The number of hydrogen-bond donors (Lipinski definition) is 0. The molecule has 0 aliphatic rings. The molecular formula is C26H25N3O2S2. The first kappa shape index (κ1) is 23.1. The molecule has 0 atom stereocenters. The number of benzene rings is 3. The average molecular weight is 476 g/mol. The first-order valence-electron chi connectivity index (χ1n) is 10.7. The molecular weight excluding hydrogens is 450 g/mol. The van der Waals surface area contributed by atoms with Crippen molar-refractivity contribution in [1.29, 1.82) is 0 Å². The Labute approximate surface area is 202 Å². The number of thioether (sulfide) groups is 2. The first-order chi connectivity index (χ1) is 16.1. The van der Waals surface area contributed by atoms with E-state index in [1.807, 2.05) is 74.5 Å². The van der Waals surface area contributed by atoms with E-state index in [1.165, 1.54) is 4.90 Å². The maximum atomic E-state index is 12.1. The lowest BCUT2D eigenvalue weighted by Crippen LogP contribution is -2.11. The van der Waals surface area contributed by atoms with Gasteiger partial charge >= 0.3 is 5.97 Å². The normalized spacial score (nSPS) is 11.0. The highest BCUT2D eigenvalue weighted by Gasteiger charge is 2.15. The van der Waals surface area contributed by atoms with E-state index in [2.05, 4.69) is 39.0 Å². The molecule has 0 unspecified atom stereocenters. The van der Waals surface area contributed by atoms with Crippen LogP contribution in [-0.4, -0.2) is 26.8 Å². The molecule has 4 aromatic rings. The highest BCUT2D eigenvalue weighted by Crippen LogP contribution is 2.29. The van der Waals surface area contributed by atoms with Gasteiger partial charge in [-0.2, -0.15) is 0 Å². The Balaban J connectivity index is 1.49. The molecule has 0 saturated heterocycles. The lowest BCUT2D eigenvalue weighted by atomic mass is 10.1. The third-order valence-corrected chi connectivity index (χ3v) is 6.73. The van der Waals surface area contributed by atoms with Gasteiger partial charge in [0, 0.05) is 16.3 Å². The number of nitrogens with zero attached hydrogens (tertiary/aromatic N) is 3. The molecule has 1 aromatic heterocycles. The van der Waals surface area contributed by atoms with Crippen LogP contribution in [0.15, 0.2) is 95.0 Å². The fourth-order valence-corrected chi connectivity index (χ4v) is 4.91. The van der Waals surface area contributed by atoms with Gasteiger partial charge in [0.15, 0.2) is 5.16 Å². The van der Waals surface area contributed by atoms with E-state index >= 15 is 0 Å². The SMILES string of the molecule is CC(C)OC(=O)c1ccc(CSc2nnc(CSc3ccccc3)n2-c2ccccc2)cc1. The molecule has 0 amide bonds. The van der Waals surface area contributed by atoms with E-state index in [4.69, 9.17) is 4.74 Å². The van der Waals surface area contributed by atoms with Gasteiger partial charge in [0.25, 0.3) is 0 Å². The molecule has 0 bridgehead atoms. The molecule has 0 aliphatic heterocycles. The second-order valence-corrected chi connectivity index (χ2v) is 9.60. The van der Waals surface area contributed by atoms with Gasteiger partial charge in [-0.15, -0.1) is 22.0 Å². The standard InChI is InChI=1S/C26H25N3O2S2/c1-19(2)31-25(30)21-15-13-20(14-16-21)17-33-26-28-27-24(18-32-23-11-7-4-8-12-23)29(26)22-9-5-3-6-10-22/h3-16,19H,17-18H2,1-2H3. The topological polar surface area (TPSA) is 57.0 Å². The summed E-state index contributed by atoms with van der Waals surface area (Å²) in [6.45, 7) is 3.69. The van der Waals surface area contributed by atoms with Crippen LogP contribution in [0.25, 0.3) is 5.69 Å². The summed E-state index contributed by atoms with van der Waals surface area (Å²) >= 11 is 3.37. The van der Waals surface area contributed by atoms with Crippen molar-refractivity contribution < 1.29 is 9.53 Å². The van der Waals surface area contributed by atoms with E-state index in [1.54, 1.807) is 23.5 Å². The number of esters is 1. The average Bonchev–Trinajstić information content (AvgIpc) is 3.25.